The lowest BCUT2D eigenvalue weighted by molar-refractivity contribution is -0.123. The van der Waals surface area contributed by atoms with Crippen molar-refractivity contribution < 1.29 is 18.7 Å². The number of nitrogens with one attached hydrogen (secondary N) is 2. The van der Waals surface area contributed by atoms with E-state index in [1.54, 1.807) is 13.2 Å². The van der Waals surface area contributed by atoms with Crippen molar-refractivity contribution in [2.45, 2.75) is 25.7 Å². The van der Waals surface area contributed by atoms with Gasteiger partial charge in [0.25, 0.3) is 0 Å². The summed E-state index contributed by atoms with van der Waals surface area (Å²) >= 11 is 0. The first-order valence-corrected chi connectivity index (χ1v) is 11.1. The molecule has 4 N–H and O–H groups in total. The summed E-state index contributed by atoms with van der Waals surface area (Å²) in [5.41, 5.74) is 7.44. The molecule has 0 atom stereocenters. The molecule has 2 aromatic carbocycles. The van der Waals surface area contributed by atoms with Gasteiger partial charge in [0.15, 0.2) is 0 Å². The van der Waals surface area contributed by atoms with Crippen LogP contribution in [-0.4, -0.2) is 50.1 Å². The van der Waals surface area contributed by atoms with Crippen molar-refractivity contribution in [2.75, 3.05) is 38.6 Å². The predicted molar refractivity (Wildman–Crippen MR) is 125 cm³/mol. The summed E-state index contributed by atoms with van der Waals surface area (Å²) < 4.78 is 11.4. The molecule has 4 rings (SSSR count). The van der Waals surface area contributed by atoms with Crippen molar-refractivity contribution in [2.24, 2.45) is 11.7 Å². The maximum atomic E-state index is 12.4. The highest BCUT2D eigenvalue weighted by Crippen LogP contribution is 2.36. The standard InChI is InChI=1S/C24H30N4O4/c1-31-22-14-18-17-6-2-3-7-20(17)32-21(18)15-19(22)27-24(30)26-10-4-5-11-28-12-8-16(9-13-28)23(25)29/h2-3,6-7,14-16H,4-5,8-13H2,1H3,(H2,25,29)(H2,26,27,30). The molecule has 2 heterocycles. The van der Waals surface area contributed by atoms with E-state index in [-0.39, 0.29) is 17.9 Å². The molecule has 3 amide bonds. The van der Waals surface area contributed by atoms with Gasteiger partial charge in [-0.3, -0.25) is 4.79 Å². The van der Waals surface area contributed by atoms with E-state index in [2.05, 4.69) is 15.5 Å². The minimum absolute atomic E-state index is 0.0207. The number of anilines is 1. The van der Waals surface area contributed by atoms with Crippen LogP contribution >= 0.6 is 0 Å². The SMILES string of the molecule is COc1cc2c(cc1NC(=O)NCCCCN1CCC(C(N)=O)CC1)oc1ccccc12. The first-order valence-electron chi connectivity index (χ1n) is 11.1. The molecule has 8 heteroatoms. The zero-order valence-corrected chi connectivity index (χ0v) is 18.4. The Hall–Kier alpha value is -3.26. The van der Waals surface area contributed by atoms with E-state index in [0.717, 1.165) is 61.7 Å². The summed E-state index contributed by atoms with van der Waals surface area (Å²) in [5.74, 6) is 0.418. The number of unbranched alkanes of at least 4 members (excludes halogenated alkanes) is 1. The van der Waals surface area contributed by atoms with Crippen LogP contribution in [0.1, 0.15) is 25.7 Å². The highest BCUT2D eigenvalue weighted by Gasteiger charge is 2.22. The average Bonchev–Trinajstić information content (AvgIpc) is 3.16. The number of hydrogen-bond donors (Lipinski definition) is 3. The Kier molecular flexibility index (Phi) is 6.80. The Balaban J connectivity index is 1.25. The minimum Gasteiger partial charge on any atom is -0.495 e. The number of piperidine rings is 1. The molecule has 0 radical (unpaired) electrons. The Morgan fingerprint density at radius 2 is 1.91 bits per heavy atom. The van der Waals surface area contributed by atoms with E-state index in [1.807, 2.05) is 30.3 Å². The summed E-state index contributed by atoms with van der Waals surface area (Å²) in [4.78, 5) is 26.0. The number of urea groups is 1. The smallest absolute Gasteiger partial charge is 0.319 e. The van der Waals surface area contributed by atoms with Crippen LogP contribution in [-0.2, 0) is 4.79 Å². The van der Waals surface area contributed by atoms with Crippen molar-refractivity contribution in [1.82, 2.24) is 10.2 Å². The molecular formula is C24H30N4O4. The van der Waals surface area contributed by atoms with Crippen LogP contribution in [0.4, 0.5) is 10.5 Å². The summed E-state index contributed by atoms with van der Waals surface area (Å²) in [7, 11) is 1.58. The van der Waals surface area contributed by atoms with Gasteiger partial charge in [0.05, 0.1) is 12.8 Å². The molecule has 1 aliphatic heterocycles. The number of nitrogens with two attached hydrogens (primary N) is 1. The lowest BCUT2D eigenvalue weighted by Gasteiger charge is -2.30. The lowest BCUT2D eigenvalue weighted by atomic mass is 9.96. The van der Waals surface area contributed by atoms with Gasteiger partial charge in [-0.2, -0.15) is 0 Å². The number of furan rings is 1. The number of likely N-dealkylation sites (tertiary alicyclic amines) is 1. The maximum absolute atomic E-state index is 12.4. The predicted octanol–water partition coefficient (Wildman–Crippen LogP) is 3.69. The van der Waals surface area contributed by atoms with Gasteiger partial charge in [-0.25, -0.2) is 4.79 Å². The summed E-state index contributed by atoms with van der Waals surface area (Å²) in [6.07, 6.45) is 3.54. The molecule has 1 aromatic heterocycles. The number of para-hydroxylation sites is 1. The van der Waals surface area contributed by atoms with Crippen LogP contribution in [0.2, 0.25) is 0 Å². The second-order valence-electron chi connectivity index (χ2n) is 8.25. The molecule has 3 aromatic rings. The summed E-state index contributed by atoms with van der Waals surface area (Å²) in [6, 6.07) is 11.2. The molecule has 0 bridgehead atoms. The first-order chi connectivity index (χ1) is 15.5. The fourth-order valence-electron chi connectivity index (χ4n) is 4.29. The molecule has 8 nitrogen and oxygen atoms in total. The number of ether oxygens (including phenoxy) is 1. The van der Waals surface area contributed by atoms with Crippen molar-refractivity contribution in [3.05, 3.63) is 36.4 Å². The number of amides is 3. The summed E-state index contributed by atoms with van der Waals surface area (Å²) in [5, 5.41) is 7.72. The van der Waals surface area contributed by atoms with Gasteiger partial charge in [-0.1, -0.05) is 18.2 Å². The molecule has 0 spiro atoms. The maximum Gasteiger partial charge on any atom is 0.319 e. The van der Waals surface area contributed by atoms with Gasteiger partial charge >= 0.3 is 6.03 Å². The highest BCUT2D eigenvalue weighted by molar-refractivity contribution is 6.07. The molecular weight excluding hydrogens is 408 g/mol. The largest absolute Gasteiger partial charge is 0.495 e. The number of rotatable bonds is 8. The van der Waals surface area contributed by atoms with E-state index in [9.17, 15) is 9.59 Å². The molecule has 32 heavy (non-hydrogen) atoms. The second-order valence-corrected chi connectivity index (χ2v) is 8.25. The number of methoxy groups -OCH3 is 1. The van der Waals surface area contributed by atoms with Crippen molar-refractivity contribution in [3.8, 4) is 5.75 Å². The van der Waals surface area contributed by atoms with Gasteiger partial charge in [0, 0.05) is 29.3 Å². The number of carbonyl (C=O) groups excluding carboxylic acids is 2. The van der Waals surface area contributed by atoms with Crippen molar-refractivity contribution in [3.63, 3.8) is 0 Å². The molecule has 1 fully saturated rings. The molecule has 0 saturated carbocycles. The van der Waals surface area contributed by atoms with Crippen LogP contribution in [0.15, 0.2) is 40.8 Å². The van der Waals surface area contributed by atoms with Crippen LogP contribution in [0.25, 0.3) is 21.9 Å². The van der Waals surface area contributed by atoms with E-state index in [4.69, 9.17) is 14.9 Å². The fourth-order valence-corrected chi connectivity index (χ4v) is 4.29. The molecule has 1 saturated heterocycles. The van der Waals surface area contributed by atoms with E-state index < -0.39 is 0 Å². The van der Waals surface area contributed by atoms with Crippen LogP contribution < -0.4 is 21.1 Å². The zero-order chi connectivity index (χ0) is 22.5. The van der Waals surface area contributed by atoms with Gasteiger partial charge < -0.3 is 30.4 Å². The van der Waals surface area contributed by atoms with Crippen LogP contribution in [0.3, 0.4) is 0 Å². The molecule has 0 unspecified atom stereocenters. The molecule has 1 aliphatic rings. The molecule has 0 aliphatic carbocycles. The number of nitrogens with zero attached hydrogens (tertiary/aromatic N) is 1. The Morgan fingerprint density at radius 1 is 1.12 bits per heavy atom. The topological polar surface area (TPSA) is 110 Å². The van der Waals surface area contributed by atoms with Gasteiger partial charge in [-0.05, 0) is 57.5 Å². The average molecular weight is 439 g/mol. The van der Waals surface area contributed by atoms with Gasteiger partial charge in [0.1, 0.15) is 16.9 Å². The normalized spacial score (nSPS) is 15.2. The quantitative estimate of drug-likeness (QED) is 0.465. The summed E-state index contributed by atoms with van der Waals surface area (Å²) in [6.45, 7) is 3.36. The zero-order valence-electron chi connectivity index (χ0n) is 18.4. The lowest BCUT2D eigenvalue weighted by Crippen LogP contribution is -2.39. The number of hydrogen-bond acceptors (Lipinski definition) is 5. The highest BCUT2D eigenvalue weighted by atomic mass is 16.5. The van der Waals surface area contributed by atoms with Crippen LogP contribution in [0.5, 0.6) is 5.75 Å². The minimum atomic E-state index is -0.277. The Bertz CT molecular complexity index is 1100. The molecule has 170 valence electrons. The third kappa shape index (κ3) is 4.96. The fraction of sp³-hybridized carbons (Fsp3) is 0.417. The number of primary amides is 1. The van der Waals surface area contributed by atoms with Gasteiger partial charge in [-0.15, -0.1) is 0 Å². The number of carbonyl (C=O) groups is 2. The van der Waals surface area contributed by atoms with Crippen LogP contribution in [0, 0.1) is 5.92 Å². The third-order valence-electron chi connectivity index (χ3n) is 6.12. The monoisotopic (exact) mass is 438 g/mol. The van der Waals surface area contributed by atoms with E-state index in [1.165, 1.54) is 0 Å². The number of benzene rings is 2. The van der Waals surface area contributed by atoms with Gasteiger partial charge in [0.2, 0.25) is 5.91 Å². The van der Waals surface area contributed by atoms with E-state index >= 15 is 0 Å². The Labute approximate surface area is 187 Å². The van der Waals surface area contributed by atoms with Crippen molar-refractivity contribution in [1.29, 1.82) is 0 Å². The first kappa shape index (κ1) is 22.0. The third-order valence-corrected chi connectivity index (χ3v) is 6.12. The number of fused-ring (bicyclic) bond motifs is 3. The van der Waals surface area contributed by atoms with Crippen molar-refractivity contribution >= 4 is 39.6 Å². The Morgan fingerprint density at radius 3 is 2.66 bits per heavy atom. The van der Waals surface area contributed by atoms with E-state index in [0.29, 0.717) is 23.6 Å². The second kappa shape index (κ2) is 9.91.